The molecule has 0 aliphatic carbocycles. The molecule has 2 nitrogen and oxygen atoms in total. The van der Waals surface area contributed by atoms with Gasteiger partial charge in [0.25, 0.3) is 0 Å². The lowest BCUT2D eigenvalue weighted by molar-refractivity contribution is 0.0843. The van der Waals surface area contributed by atoms with Gasteiger partial charge in [-0.1, -0.05) is 44.5 Å². The van der Waals surface area contributed by atoms with E-state index in [9.17, 15) is 0 Å². The topological polar surface area (TPSA) is 12.5 Å². The molecule has 0 N–H and O–H groups in total. The molecular weight excluding hydrogens is 298 g/mol. The Morgan fingerprint density at radius 2 is 1.87 bits per heavy atom. The van der Waals surface area contributed by atoms with Gasteiger partial charge in [-0.3, -0.25) is 4.90 Å². The van der Waals surface area contributed by atoms with Crippen LogP contribution in [0, 0.1) is 6.92 Å². The standard InChI is InChI=1S/C20H35NOSi/c1-16-9-10-18-17(15-16)11-12-21(20(18,5)6)13-14-22-23(7,8)19(2,3)4/h9-10,15H,11-14H2,1-8H3. The Kier molecular flexibility index (Phi) is 5.15. The van der Waals surface area contributed by atoms with Crippen LogP contribution in [0.2, 0.25) is 18.1 Å². The van der Waals surface area contributed by atoms with Gasteiger partial charge >= 0.3 is 0 Å². The molecule has 0 fully saturated rings. The smallest absolute Gasteiger partial charge is 0.192 e. The monoisotopic (exact) mass is 333 g/mol. The normalized spacial score (nSPS) is 18.8. The molecule has 0 spiro atoms. The van der Waals surface area contributed by atoms with Crippen LogP contribution in [0.1, 0.15) is 51.3 Å². The molecule has 0 radical (unpaired) electrons. The number of benzene rings is 1. The minimum Gasteiger partial charge on any atom is -0.416 e. The summed E-state index contributed by atoms with van der Waals surface area (Å²) in [4.78, 5) is 2.60. The van der Waals surface area contributed by atoms with Crippen molar-refractivity contribution in [2.75, 3.05) is 19.7 Å². The Labute approximate surface area is 144 Å². The maximum Gasteiger partial charge on any atom is 0.192 e. The van der Waals surface area contributed by atoms with E-state index in [0.717, 1.165) is 26.1 Å². The van der Waals surface area contributed by atoms with Gasteiger partial charge in [0.15, 0.2) is 8.32 Å². The minimum absolute atomic E-state index is 0.0953. The van der Waals surface area contributed by atoms with E-state index in [4.69, 9.17) is 4.43 Å². The van der Waals surface area contributed by atoms with Gasteiger partial charge in [-0.2, -0.15) is 0 Å². The quantitative estimate of drug-likeness (QED) is 0.710. The molecule has 0 amide bonds. The number of fused-ring (bicyclic) bond motifs is 1. The van der Waals surface area contributed by atoms with Gasteiger partial charge in [0, 0.05) is 25.2 Å². The average molecular weight is 334 g/mol. The van der Waals surface area contributed by atoms with E-state index in [1.165, 1.54) is 16.7 Å². The lowest BCUT2D eigenvalue weighted by atomic mass is 9.82. The Bertz CT molecular complexity index is 557. The van der Waals surface area contributed by atoms with E-state index in [0.29, 0.717) is 0 Å². The third-order valence-corrected chi connectivity index (χ3v) is 10.5. The molecular formula is C20H35NOSi. The Morgan fingerprint density at radius 3 is 2.48 bits per heavy atom. The van der Waals surface area contributed by atoms with Crippen LogP contribution in [0.5, 0.6) is 0 Å². The number of rotatable bonds is 4. The summed E-state index contributed by atoms with van der Waals surface area (Å²) in [5.41, 5.74) is 4.48. The highest BCUT2D eigenvalue weighted by molar-refractivity contribution is 6.74. The van der Waals surface area contributed by atoms with Gasteiger partial charge in [-0.25, -0.2) is 0 Å². The molecule has 130 valence electrons. The minimum atomic E-state index is -1.64. The summed E-state index contributed by atoms with van der Waals surface area (Å²) in [5.74, 6) is 0. The van der Waals surface area contributed by atoms with E-state index >= 15 is 0 Å². The molecule has 0 unspecified atom stereocenters. The molecule has 2 rings (SSSR count). The molecule has 23 heavy (non-hydrogen) atoms. The average Bonchev–Trinajstić information content (AvgIpc) is 2.39. The van der Waals surface area contributed by atoms with Gasteiger partial charge in [0.1, 0.15) is 0 Å². The van der Waals surface area contributed by atoms with Crippen LogP contribution in [0.3, 0.4) is 0 Å². The van der Waals surface area contributed by atoms with Gasteiger partial charge in [0.05, 0.1) is 0 Å². The second kappa shape index (κ2) is 6.34. The molecule has 1 aliphatic heterocycles. The second-order valence-electron chi connectivity index (χ2n) is 9.07. The Balaban J connectivity index is 2.04. The fraction of sp³-hybridized carbons (Fsp3) is 0.700. The van der Waals surface area contributed by atoms with Crippen molar-refractivity contribution in [3.05, 3.63) is 34.9 Å². The number of hydrogen-bond donors (Lipinski definition) is 0. The molecule has 1 heterocycles. The molecule has 3 heteroatoms. The van der Waals surface area contributed by atoms with Crippen molar-refractivity contribution in [3.8, 4) is 0 Å². The fourth-order valence-corrected chi connectivity index (χ4v) is 4.28. The molecule has 0 bridgehead atoms. The largest absolute Gasteiger partial charge is 0.416 e. The molecule has 1 aliphatic rings. The van der Waals surface area contributed by atoms with Crippen LogP contribution in [-0.2, 0) is 16.4 Å². The van der Waals surface area contributed by atoms with Crippen LogP contribution in [0.4, 0.5) is 0 Å². The van der Waals surface area contributed by atoms with Crippen LogP contribution in [0.15, 0.2) is 18.2 Å². The molecule has 0 atom stereocenters. The maximum absolute atomic E-state index is 6.39. The summed E-state index contributed by atoms with van der Waals surface area (Å²) in [6.45, 7) is 21.5. The number of nitrogens with zero attached hydrogens (tertiary/aromatic N) is 1. The summed E-state index contributed by atoms with van der Waals surface area (Å²) in [6, 6.07) is 6.93. The first-order valence-electron chi connectivity index (χ1n) is 8.94. The first-order chi connectivity index (χ1) is 10.4. The van der Waals surface area contributed by atoms with Crippen molar-refractivity contribution in [2.24, 2.45) is 0 Å². The summed E-state index contributed by atoms with van der Waals surface area (Å²) >= 11 is 0. The van der Waals surface area contributed by atoms with E-state index in [-0.39, 0.29) is 10.6 Å². The molecule has 0 saturated carbocycles. The zero-order chi connectivity index (χ0) is 17.5. The summed E-state index contributed by atoms with van der Waals surface area (Å²) in [6.07, 6.45) is 1.15. The highest BCUT2D eigenvalue weighted by Gasteiger charge is 2.38. The van der Waals surface area contributed by atoms with Crippen LogP contribution in [-0.4, -0.2) is 32.9 Å². The lowest BCUT2D eigenvalue weighted by Crippen LogP contribution is -2.49. The van der Waals surface area contributed by atoms with Gasteiger partial charge in [-0.15, -0.1) is 0 Å². The predicted octanol–water partition coefficient (Wildman–Crippen LogP) is 5.11. The molecule has 0 saturated heterocycles. The van der Waals surface area contributed by atoms with Gasteiger partial charge < -0.3 is 4.43 Å². The van der Waals surface area contributed by atoms with Crippen molar-refractivity contribution in [1.29, 1.82) is 0 Å². The van der Waals surface area contributed by atoms with E-state index in [1.807, 2.05) is 0 Å². The van der Waals surface area contributed by atoms with E-state index < -0.39 is 8.32 Å². The molecule has 0 aromatic heterocycles. The van der Waals surface area contributed by atoms with Gasteiger partial charge in [-0.05, 0) is 56.5 Å². The Morgan fingerprint density at radius 1 is 1.22 bits per heavy atom. The van der Waals surface area contributed by atoms with Crippen molar-refractivity contribution in [3.63, 3.8) is 0 Å². The summed E-state index contributed by atoms with van der Waals surface area (Å²) in [7, 11) is -1.64. The number of hydrogen-bond acceptors (Lipinski definition) is 2. The van der Waals surface area contributed by atoms with Crippen LogP contribution < -0.4 is 0 Å². The van der Waals surface area contributed by atoms with Crippen LogP contribution >= 0.6 is 0 Å². The maximum atomic E-state index is 6.39. The highest BCUT2D eigenvalue weighted by Crippen LogP contribution is 2.38. The molecule has 1 aromatic rings. The van der Waals surface area contributed by atoms with Crippen molar-refractivity contribution in [1.82, 2.24) is 4.90 Å². The van der Waals surface area contributed by atoms with Gasteiger partial charge in [0.2, 0.25) is 0 Å². The van der Waals surface area contributed by atoms with Crippen LogP contribution in [0.25, 0.3) is 0 Å². The molecule has 1 aromatic carbocycles. The zero-order valence-corrected chi connectivity index (χ0v) is 17.4. The third-order valence-electron chi connectivity index (χ3n) is 5.99. The van der Waals surface area contributed by atoms with E-state index in [2.05, 4.69) is 77.7 Å². The number of aryl methyl sites for hydroxylation is 1. The SMILES string of the molecule is Cc1ccc2c(c1)CCN(CCO[Si](C)(C)C(C)(C)C)C2(C)C. The lowest BCUT2D eigenvalue weighted by Gasteiger charge is -2.45. The summed E-state index contributed by atoms with van der Waals surface area (Å²) in [5, 5.41) is 0.286. The summed E-state index contributed by atoms with van der Waals surface area (Å²) < 4.78 is 6.39. The fourth-order valence-electron chi connectivity index (χ4n) is 3.25. The predicted molar refractivity (Wildman–Crippen MR) is 103 cm³/mol. The zero-order valence-electron chi connectivity index (χ0n) is 16.4. The van der Waals surface area contributed by atoms with Crippen molar-refractivity contribution in [2.45, 2.75) is 71.6 Å². The highest BCUT2D eigenvalue weighted by atomic mass is 28.4. The first-order valence-corrected chi connectivity index (χ1v) is 11.8. The van der Waals surface area contributed by atoms with Crippen molar-refractivity contribution >= 4 is 8.32 Å². The first kappa shape index (κ1) is 18.7. The Hall–Kier alpha value is -0.643. The second-order valence-corrected chi connectivity index (χ2v) is 13.9. The van der Waals surface area contributed by atoms with E-state index in [1.54, 1.807) is 0 Å². The van der Waals surface area contributed by atoms with Crippen molar-refractivity contribution < 1.29 is 4.43 Å². The third kappa shape index (κ3) is 3.89.